The summed E-state index contributed by atoms with van der Waals surface area (Å²) in [5, 5.41) is 18.6. The smallest absolute Gasteiger partial charge is 0.321 e. The molecule has 0 amide bonds. The number of hydrogen-bond donors (Lipinski definition) is 5. The van der Waals surface area contributed by atoms with Crippen LogP contribution in [0.2, 0.25) is 0 Å². The molecule has 6 N–H and O–H groups in total. The van der Waals surface area contributed by atoms with Gasteiger partial charge in [0, 0.05) is 33.9 Å². The predicted molar refractivity (Wildman–Crippen MR) is 174 cm³/mol. The van der Waals surface area contributed by atoms with Gasteiger partial charge >= 0.3 is 5.97 Å². The minimum atomic E-state index is -0.884. The number of nitrogens with one attached hydrogen (secondary N) is 3. The van der Waals surface area contributed by atoms with Crippen molar-refractivity contribution in [2.75, 3.05) is 43.2 Å². The maximum Gasteiger partial charge on any atom is 0.321 e. The highest BCUT2D eigenvalue weighted by Gasteiger charge is 2.19. The fraction of sp³-hybridized carbons (Fsp3) is 0.219. The van der Waals surface area contributed by atoms with Crippen molar-refractivity contribution in [3.63, 3.8) is 0 Å². The lowest BCUT2D eigenvalue weighted by molar-refractivity contribution is -0.138. The number of rotatable bonds is 10. The summed E-state index contributed by atoms with van der Waals surface area (Å²) in [4.78, 5) is 13.1. The molecule has 4 aromatic carbocycles. The third-order valence-electron chi connectivity index (χ3n) is 6.38. The lowest BCUT2D eigenvalue weighted by atomic mass is 10.2. The molecule has 42 heavy (non-hydrogen) atoms. The Morgan fingerprint density at radius 3 is 2.19 bits per heavy atom. The van der Waals surface area contributed by atoms with E-state index in [0.29, 0.717) is 29.0 Å². The summed E-state index contributed by atoms with van der Waals surface area (Å²) in [5.74, 6) is 3.57. The van der Waals surface area contributed by atoms with Gasteiger partial charge in [-0.3, -0.25) is 4.79 Å². The van der Waals surface area contributed by atoms with Gasteiger partial charge in [0.05, 0.1) is 11.4 Å². The highest BCUT2D eigenvalue weighted by Crippen LogP contribution is 2.39. The first-order chi connectivity index (χ1) is 20.5. The van der Waals surface area contributed by atoms with Crippen LogP contribution in [0.5, 0.6) is 23.0 Å². The summed E-state index contributed by atoms with van der Waals surface area (Å²) in [5.41, 5.74) is 7.73. The zero-order valence-corrected chi connectivity index (χ0v) is 25.2. The molecule has 4 aromatic rings. The number of fused-ring (bicyclic) bond motifs is 1. The number of nitrogen functional groups attached to an aromatic ring is 1. The molecule has 0 aromatic heterocycles. The third-order valence-corrected chi connectivity index (χ3v) is 8.77. The molecule has 0 aliphatic carbocycles. The largest absolute Gasteiger partial charge is 0.480 e. The van der Waals surface area contributed by atoms with Crippen molar-refractivity contribution in [1.29, 1.82) is 0 Å². The fourth-order valence-corrected chi connectivity index (χ4v) is 6.21. The molecule has 2 atom stereocenters. The molecule has 0 bridgehead atoms. The van der Waals surface area contributed by atoms with Gasteiger partial charge in [0.25, 0.3) is 0 Å². The normalized spacial score (nSPS) is 14.7. The maximum absolute atomic E-state index is 11.0. The van der Waals surface area contributed by atoms with E-state index in [1.54, 1.807) is 13.1 Å². The van der Waals surface area contributed by atoms with Crippen LogP contribution in [0.25, 0.3) is 0 Å². The number of likely N-dealkylation sites (N-methyl/N-ethyl adjacent to an activating group) is 2. The van der Waals surface area contributed by atoms with Gasteiger partial charge in [-0.1, -0.05) is 48.5 Å². The second kappa shape index (κ2) is 16.0. The molecule has 1 aliphatic rings. The summed E-state index contributed by atoms with van der Waals surface area (Å²) in [6, 6.07) is 30.8. The van der Waals surface area contributed by atoms with Gasteiger partial charge in [-0.05, 0) is 62.6 Å². The molecule has 0 saturated heterocycles. The molecule has 10 heteroatoms. The van der Waals surface area contributed by atoms with Crippen molar-refractivity contribution in [3.05, 3.63) is 97.1 Å². The molecule has 0 fully saturated rings. The quantitative estimate of drug-likeness (QED) is 0.103. The zero-order valence-electron chi connectivity index (χ0n) is 23.6. The summed E-state index contributed by atoms with van der Waals surface area (Å²) in [6.45, 7) is 0.908. The Kier molecular flexibility index (Phi) is 11.8. The molecule has 0 saturated carbocycles. The molecule has 8 nitrogen and oxygen atoms in total. The summed E-state index contributed by atoms with van der Waals surface area (Å²) >= 11 is 3.25. The maximum atomic E-state index is 11.0. The molecule has 5 rings (SSSR count). The minimum absolute atomic E-state index is 0.380. The fourth-order valence-electron chi connectivity index (χ4n) is 3.97. The van der Waals surface area contributed by atoms with E-state index < -0.39 is 12.0 Å². The first-order valence-corrected chi connectivity index (χ1v) is 15.5. The lowest BCUT2D eigenvalue weighted by Crippen LogP contribution is -2.35. The number of anilines is 2. The van der Waals surface area contributed by atoms with E-state index in [4.69, 9.17) is 20.3 Å². The number of ether oxygens (including phenoxy) is 2. The monoisotopic (exact) mass is 604 g/mol. The Labute approximate surface area is 255 Å². The minimum Gasteiger partial charge on any atom is -0.480 e. The number of carboxylic acid groups (broad SMARTS) is 1. The first-order valence-electron chi connectivity index (χ1n) is 13.5. The van der Waals surface area contributed by atoms with Crippen LogP contribution in [0.15, 0.2) is 107 Å². The molecular formula is C32H36N4O4S2. The Balaban J connectivity index is 0.000000193. The molecule has 0 unspecified atom stereocenters. The number of nitrogens with two attached hydrogens (primary N) is 1. The molecule has 1 heterocycles. The van der Waals surface area contributed by atoms with Crippen LogP contribution >= 0.6 is 23.5 Å². The van der Waals surface area contributed by atoms with Crippen LogP contribution in [0, 0.1) is 0 Å². The lowest BCUT2D eigenvalue weighted by Gasteiger charge is -2.15. The van der Waals surface area contributed by atoms with Gasteiger partial charge in [-0.2, -0.15) is 0 Å². The standard InChI is InChI=1S/C16H18N2O3S.C16H18N2OS/c1-18-12(16(19)20)10-22-14-9-5-8-13(15(14)17)21-11-6-3-2-4-7-11;1-17-12-10-18-16-14(8-5-9-15(16)20-11-12)19-13-6-3-2-4-7-13/h2-9,12,18H,10,17H2,1H3,(H,19,20);2-9,12,17-18H,10-11H2,1H3/t2*12-/m01/s1. The summed E-state index contributed by atoms with van der Waals surface area (Å²) < 4.78 is 11.8. The molecule has 220 valence electrons. The van der Waals surface area contributed by atoms with Gasteiger partial charge in [-0.15, -0.1) is 23.5 Å². The number of aliphatic carboxylic acids is 1. The van der Waals surface area contributed by atoms with Crippen molar-refractivity contribution in [1.82, 2.24) is 10.6 Å². The van der Waals surface area contributed by atoms with Crippen molar-refractivity contribution in [3.8, 4) is 23.0 Å². The average molecular weight is 605 g/mol. The van der Waals surface area contributed by atoms with Gasteiger partial charge < -0.3 is 36.3 Å². The van der Waals surface area contributed by atoms with Crippen LogP contribution in [0.4, 0.5) is 11.4 Å². The highest BCUT2D eigenvalue weighted by molar-refractivity contribution is 7.99. The van der Waals surface area contributed by atoms with E-state index in [1.807, 2.05) is 104 Å². The number of benzene rings is 4. The van der Waals surface area contributed by atoms with Crippen molar-refractivity contribution in [2.45, 2.75) is 21.9 Å². The predicted octanol–water partition coefficient (Wildman–Crippen LogP) is 6.41. The van der Waals surface area contributed by atoms with Crippen LogP contribution < -0.4 is 31.2 Å². The van der Waals surface area contributed by atoms with Crippen LogP contribution in [-0.4, -0.2) is 55.3 Å². The Hall–Kier alpha value is -3.83. The average Bonchev–Trinajstić information content (AvgIpc) is 3.23. The van der Waals surface area contributed by atoms with Crippen molar-refractivity contribution < 1.29 is 19.4 Å². The van der Waals surface area contributed by atoms with Gasteiger partial charge in [-0.25, -0.2) is 0 Å². The van der Waals surface area contributed by atoms with E-state index in [1.165, 1.54) is 16.7 Å². The molecule has 0 radical (unpaired) electrons. The van der Waals surface area contributed by atoms with Crippen molar-refractivity contribution >= 4 is 40.9 Å². The SMILES string of the molecule is CN[C@@H](CSc1cccc(Oc2ccccc2)c1N)C(=O)O.CN[C@@H]1CNc2c(Oc3ccccc3)cccc2SC1. The Morgan fingerprint density at radius 1 is 0.952 bits per heavy atom. The van der Waals surface area contributed by atoms with E-state index in [-0.39, 0.29) is 0 Å². The molecule has 1 aliphatic heterocycles. The van der Waals surface area contributed by atoms with Gasteiger partial charge in [0.2, 0.25) is 0 Å². The van der Waals surface area contributed by atoms with E-state index in [2.05, 4.69) is 22.0 Å². The Morgan fingerprint density at radius 2 is 1.57 bits per heavy atom. The number of hydrogen-bond acceptors (Lipinski definition) is 9. The van der Waals surface area contributed by atoms with E-state index in [9.17, 15) is 4.79 Å². The molecule has 0 spiro atoms. The van der Waals surface area contributed by atoms with Gasteiger partial charge in [0.1, 0.15) is 17.5 Å². The highest BCUT2D eigenvalue weighted by atomic mass is 32.2. The topological polar surface area (TPSA) is 118 Å². The number of carbonyl (C=O) groups is 1. The Bertz CT molecular complexity index is 1430. The van der Waals surface area contributed by atoms with Crippen molar-refractivity contribution in [2.24, 2.45) is 0 Å². The molecular weight excluding hydrogens is 569 g/mol. The van der Waals surface area contributed by atoms with Crippen LogP contribution in [-0.2, 0) is 4.79 Å². The summed E-state index contributed by atoms with van der Waals surface area (Å²) in [6.07, 6.45) is 0. The number of thioether (sulfide) groups is 2. The second-order valence-electron chi connectivity index (χ2n) is 9.30. The van der Waals surface area contributed by atoms with Gasteiger partial charge in [0.15, 0.2) is 11.5 Å². The number of carboxylic acids is 1. The summed E-state index contributed by atoms with van der Waals surface area (Å²) in [7, 11) is 3.63. The van der Waals surface area contributed by atoms with E-state index >= 15 is 0 Å². The first kappa shape index (κ1) is 31.1. The number of para-hydroxylation sites is 4. The van der Waals surface area contributed by atoms with Crippen LogP contribution in [0.1, 0.15) is 0 Å². The zero-order chi connectivity index (χ0) is 29.7. The van der Waals surface area contributed by atoms with E-state index in [0.717, 1.165) is 34.4 Å². The third kappa shape index (κ3) is 8.83. The van der Waals surface area contributed by atoms with Crippen LogP contribution in [0.3, 0.4) is 0 Å². The second-order valence-corrected chi connectivity index (χ2v) is 11.4.